The van der Waals surface area contributed by atoms with E-state index in [9.17, 15) is 4.79 Å². The molecule has 1 heterocycles. The average Bonchev–Trinajstić information content (AvgIpc) is 2.14. The molecule has 0 fully saturated rings. The predicted octanol–water partition coefficient (Wildman–Crippen LogP) is 1.04. The Balaban J connectivity index is 2.43. The topological polar surface area (TPSA) is 29.1 Å². The number of carbonyl (C=O) groups excluding carboxylic acids is 1. The monoisotopic (exact) mass is 193 g/mol. The van der Waals surface area contributed by atoms with Gasteiger partial charge in [0.2, 0.25) is 0 Å². The van der Waals surface area contributed by atoms with Crippen molar-refractivity contribution in [2.24, 2.45) is 0 Å². The van der Waals surface area contributed by atoms with Gasteiger partial charge in [0.25, 0.3) is 0 Å². The van der Waals surface area contributed by atoms with Crippen molar-refractivity contribution in [3.05, 3.63) is 10.0 Å². The first-order valence-electron chi connectivity index (χ1n) is 2.06. The summed E-state index contributed by atoms with van der Waals surface area (Å²) in [5, 5.41) is 4.66. The Kier molecular flexibility index (Phi) is 1.96. The molecule has 8 heavy (non-hydrogen) atoms. The minimum absolute atomic E-state index is 0.0793. The van der Waals surface area contributed by atoms with Crippen LogP contribution in [0.5, 0.6) is 0 Å². The van der Waals surface area contributed by atoms with Crippen molar-refractivity contribution in [3.63, 3.8) is 0 Å². The highest BCUT2D eigenvalue weighted by Gasteiger charge is 2.11. The van der Waals surface area contributed by atoms with Gasteiger partial charge in [-0.1, -0.05) is 11.8 Å². The van der Waals surface area contributed by atoms with Gasteiger partial charge in [0, 0.05) is 5.41 Å². The first-order chi connectivity index (χ1) is 3.83. The lowest BCUT2D eigenvalue weighted by molar-refractivity contribution is -0.107. The fraction of sp³-hybridized carbons (Fsp3) is 0.250. The van der Waals surface area contributed by atoms with E-state index in [1.165, 1.54) is 11.8 Å². The van der Waals surface area contributed by atoms with Gasteiger partial charge in [0.1, 0.15) is 5.37 Å². The molecule has 2 nitrogen and oxygen atoms in total. The first kappa shape index (κ1) is 6.16. The van der Waals surface area contributed by atoms with Crippen LogP contribution in [0.4, 0.5) is 0 Å². The van der Waals surface area contributed by atoms with Crippen molar-refractivity contribution in [1.29, 1.82) is 0 Å². The molecule has 0 aliphatic carbocycles. The van der Waals surface area contributed by atoms with E-state index in [4.69, 9.17) is 0 Å². The Bertz CT molecular complexity index is 136. The van der Waals surface area contributed by atoms with Crippen LogP contribution in [-0.4, -0.2) is 11.7 Å². The van der Waals surface area contributed by atoms with E-state index >= 15 is 0 Å². The van der Waals surface area contributed by atoms with Crippen LogP contribution in [0, 0.1) is 0 Å². The highest BCUT2D eigenvalue weighted by atomic mass is 79.9. The Morgan fingerprint density at radius 2 is 2.75 bits per heavy atom. The highest BCUT2D eigenvalue weighted by molar-refractivity contribution is 9.11. The number of hydrogen-bond donors (Lipinski definition) is 1. The van der Waals surface area contributed by atoms with Crippen molar-refractivity contribution in [1.82, 2.24) is 5.32 Å². The fourth-order valence-corrected chi connectivity index (χ4v) is 1.72. The summed E-state index contributed by atoms with van der Waals surface area (Å²) in [6, 6.07) is 0. The largest absolute Gasteiger partial charge is 0.361 e. The quantitative estimate of drug-likeness (QED) is 0.499. The molecular formula is C4H4BrNOS. The number of halogens is 1. The molecule has 0 bridgehead atoms. The molecule has 1 aliphatic rings. The third-order valence-electron chi connectivity index (χ3n) is 0.722. The van der Waals surface area contributed by atoms with Crippen molar-refractivity contribution in [3.8, 4) is 0 Å². The zero-order valence-corrected chi connectivity index (χ0v) is 6.33. The van der Waals surface area contributed by atoms with E-state index in [-0.39, 0.29) is 5.37 Å². The van der Waals surface area contributed by atoms with Crippen molar-refractivity contribution < 1.29 is 4.79 Å². The Labute approximate surface area is 59.8 Å². The normalized spacial score (nSPS) is 26.6. The molecule has 1 rings (SSSR count). The zero-order valence-electron chi connectivity index (χ0n) is 3.93. The molecule has 0 aromatic carbocycles. The van der Waals surface area contributed by atoms with Crippen molar-refractivity contribution in [2.45, 2.75) is 5.37 Å². The van der Waals surface area contributed by atoms with E-state index in [0.717, 1.165) is 10.9 Å². The first-order valence-corrected chi connectivity index (χ1v) is 3.79. The summed E-state index contributed by atoms with van der Waals surface area (Å²) in [6.45, 7) is 0. The molecule has 0 spiro atoms. The molecule has 0 saturated heterocycles. The average molecular weight is 194 g/mol. The Morgan fingerprint density at radius 3 is 3.00 bits per heavy atom. The molecule has 1 atom stereocenters. The molecule has 1 unspecified atom stereocenters. The summed E-state index contributed by atoms with van der Waals surface area (Å²) in [5.74, 6) is 0. The standard InChI is InChI=1S/C4H4BrNOS/c5-3-2-8-4(1-7)6-3/h1-2,4,6H. The second-order valence-electron chi connectivity index (χ2n) is 1.30. The van der Waals surface area contributed by atoms with Crippen LogP contribution >= 0.6 is 27.7 Å². The molecule has 4 heteroatoms. The second kappa shape index (κ2) is 2.55. The van der Waals surface area contributed by atoms with Gasteiger partial charge in [0.15, 0.2) is 6.29 Å². The number of aldehydes is 1. The molecule has 0 aromatic rings. The van der Waals surface area contributed by atoms with E-state index in [1.807, 2.05) is 5.41 Å². The predicted molar refractivity (Wildman–Crippen MR) is 37.6 cm³/mol. The summed E-state index contributed by atoms with van der Waals surface area (Å²) in [4.78, 5) is 10.0. The van der Waals surface area contributed by atoms with Crippen LogP contribution in [0.15, 0.2) is 10.0 Å². The second-order valence-corrected chi connectivity index (χ2v) is 3.17. The molecule has 0 radical (unpaired) electrons. The van der Waals surface area contributed by atoms with E-state index in [2.05, 4.69) is 21.2 Å². The minimum atomic E-state index is -0.0793. The maximum Gasteiger partial charge on any atom is 0.152 e. The van der Waals surface area contributed by atoms with Crippen LogP contribution in [0.1, 0.15) is 0 Å². The SMILES string of the molecule is O=CC1NC(Br)=CS1. The summed E-state index contributed by atoms with van der Waals surface area (Å²) in [7, 11) is 0. The van der Waals surface area contributed by atoms with Crippen molar-refractivity contribution in [2.75, 3.05) is 0 Å². The lowest BCUT2D eigenvalue weighted by Gasteiger charge is -1.98. The molecule has 0 amide bonds. The van der Waals surface area contributed by atoms with E-state index in [0.29, 0.717) is 0 Å². The maximum absolute atomic E-state index is 10.0. The van der Waals surface area contributed by atoms with Crippen LogP contribution in [0.2, 0.25) is 0 Å². The number of hydrogen-bond acceptors (Lipinski definition) is 3. The lowest BCUT2D eigenvalue weighted by atomic mass is 10.7. The fourth-order valence-electron chi connectivity index (χ4n) is 0.403. The van der Waals surface area contributed by atoms with Gasteiger partial charge < -0.3 is 10.1 Å². The van der Waals surface area contributed by atoms with Crippen LogP contribution in [0.25, 0.3) is 0 Å². The maximum atomic E-state index is 10.0. The van der Waals surface area contributed by atoms with Gasteiger partial charge in [-0.15, -0.1) is 0 Å². The highest BCUT2D eigenvalue weighted by Crippen LogP contribution is 2.21. The summed E-state index contributed by atoms with van der Waals surface area (Å²) < 4.78 is 0.889. The molecule has 0 aromatic heterocycles. The van der Waals surface area contributed by atoms with E-state index < -0.39 is 0 Å². The molecule has 0 saturated carbocycles. The smallest absolute Gasteiger partial charge is 0.152 e. The van der Waals surface area contributed by atoms with Gasteiger partial charge in [-0.25, -0.2) is 0 Å². The third-order valence-corrected chi connectivity index (χ3v) is 2.38. The van der Waals surface area contributed by atoms with Gasteiger partial charge in [-0.2, -0.15) is 0 Å². The molecule has 44 valence electrons. The van der Waals surface area contributed by atoms with Gasteiger partial charge in [0.05, 0.1) is 4.61 Å². The minimum Gasteiger partial charge on any atom is -0.361 e. The summed E-state index contributed by atoms with van der Waals surface area (Å²) in [6.07, 6.45) is 0.870. The third kappa shape index (κ3) is 1.26. The zero-order chi connectivity index (χ0) is 5.98. The summed E-state index contributed by atoms with van der Waals surface area (Å²) in [5.41, 5.74) is 0. The van der Waals surface area contributed by atoms with Gasteiger partial charge in [-0.05, 0) is 15.9 Å². The van der Waals surface area contributed by atoms with Crippen LogP contribution in [0.3, 0.4) is 0 Å². The van der Waals surface area contributed by atoms with Gasteiger partial charge in [-0.3, -0.25) is 0 Å². The van der Waals surface area contributed by atoms with E-state index in [1.54, 1.807) is 0 Å². The number of nitrogens with one attached hydrogen (secondary N) is 1. The lowest BCUT2D eigenvalue weighted by Crippen LogP contribution is -2.18. The molecular weight excluding hydrogens is 190 g/mol. The number of carbonyl (C=O) groups is 1. The summed E-state index contributed by atoms with van der Waals surface area (Å²) >= 11 is 4.65. The Hall–Kier alpha value is 0.0400. The Morgan fingerprint density at radius 1 is 2.00 bits per heavy atom. The van der Waals surface area contributed by atoms with Gasteiger partial charge >= 0.3 is 0 Å². The molecule has 1 aliphatic heterocycles. The molecule has 1 N–H and O–H groups in total. The van der Waals surface area contributed by atoms with Crippen LogP contribution < -0.4 is 5.32 Å². The van der Waals surface area contributed by atoms with Crippen molar-refractivity contribution >= 4 is 34.0 Å². The van der Waals surface area contributed by atoms with Crippen LogP contribution in [-0.2, 0) is 4.79 Å². The number of rotatable bonds is 1. The number of thioether (sulfide) groups is 1.